The second-order valence-corrected chi connectivity index (χ2v) is 6.26. The molecule has 2 aromatic carbocycles. The fraction of sp³-hybridized carbons (Fsp3) is 0.316. The number of piperidine rings is 1. The Morgan fingerprint density at radius 1 is 1.12 bits per heavy atom. The first-order valence-electron chi connectivity index (χ1n) is 8.54. The second kappa shape index (κ2) is 8.14. The first-order chi connectivity index (χ1) is 12.5. The van der Waals surface area contributed by atoms with Crippen LogP contribution in [0.15, 0.2) is 42.5 Å². The van der Waals surface area contributed by atoms with Gasteiger partial charge in [0, 0.05) is 19.2 Å². The van der Waals surface area contributed by atoms with E-state index in [-0.39, 0.29) is 18.3 Å². The molecule has 0 atom stereocenters. The third-order valence-electron chi connectivity index (χ3n) is 4.35. The summed E-state index contributed by atoms with van der Waals surface area (Å²) >= 11 is 0. The van der Waals surface area contributed by atoms with Crippen LogP contribution in [0.5, 0.6) is 0 Å². The molecule has 0 aliphatic carbocycles. The van der Waals surface area contributed by atoms with Crippen molar-refractivity contribution in [3.63, 3.8) is 0 Å². The molecule has 0 aromatic heterocycles. The van der Waals surface area contributed by atoms with E-state index in [2.05, 4.69) is 15.5 Å². The fourth-order valence-electron chi connectivity index (χ4n) is 2.97. The maximum absolute atomic E-state index is 13.6. The standard InChI is InChI=1S/C19H21F2N3O2/c20-13-5-6-15(21)17(11-13)23-19(26)12-22-16-3-1-2-4-18(16)24-9-7-14(25)8-10-24/h1-6,11,14,22,25H,7-10,12H2,(H,23,26). The maximum Gasteiger partial charge on any atom is 0.243 e. The lowest BCUT2D eigenvalue weighted by molar-refractivity contribution is -0.114. The minimum Gasteiger partial charge on any atom is -0.393 e. The van der Waals surface area contributed by atoms with Crippen LogP contribution >= 0.6 is 0 Å². The Labute approximate surface area is 150 Å². The third-order valence-corrected chi connectivity index (χ3v) is 4.35. The summed E-state index contributed by atoms with van der Waals surface area (Å²) in [5.74, 6) is -1.78. The highest BCUT2D eigenvalue weighted by molar-refractivity contribution is 5.94. The molecular formula is C19H21F2N3O2. The van der Waals surface area contributed by atoms with Crippen molar-refractivity contribution in [1.29, 1.82) is 0 Å². The zero-order valence-electron chi connectivity index (χ0n) is 14.2. The van der Waals surface area contributed by atoms with Gasteiger partial charge in [-0.2, -0.15) is 0 Å². The topological polar surface area (TPSA) is 64.6 Å². The first-order valence-corrected chi connectivity index (χ1v) is 8.54. The van der Waals surface area contributed by atoms with E-state index in [1.807, 2.05) is 24.3 Å². The van der Waals surface area contributed by atoms with Crippen molar-refractivity contribution in [1.82, 2.24) is 0 Å². The highest BCUT2D eigenvalue weighted by Crippen LogP contribution is 2.28. The van der Waals surface area contributed by atoms with Gasteiger partial charge in [-0.3, -0.25) is 4.79 Å². The number of rotatable bonds is 5. The lowest BCUT2D eigenvalue weighted by Crippen LogP contribution is -2.36. The van der Waals surface area contributed by atoms with Gasteiger partial charge in [0.2, 0.25) is 5.91 Å². The molecule has 1 aliphatic rings. The van der Waals surface area contributed by atoms with Gasteiger partial charge in [0.25, 0.3) is 0 Å². The predicted octanol–water partition coefficient (Wildman–Crippen LogP) is 2.98. The molecule has 3 rings (SSSR count). The molecule has 3 N–H and O–H groups in total. The molecule has 0 spiro atoms. The number of hydrogen-bond acceptors (Lipinski definition) is 4. The molecule has 1 heterocycles. The maximum atomic E-state index is 13.6. The van der Waals surface area contributed by atoms with E-state index >= 15 is 0 Å². The molecule has 1 aliphatic heterocycles. The van der Waals surface area contributed by atoms with Crippen LogP contribution < -0.4 is 15.5 Å². The van der Waals surface area contributed by atoms with E-state index in [0.29, 0.717) is 12.8 Å². The number of aliphatic hydroxyl groups is 1. The van der Waals surface area contributed by atoms with Crippen LogP contribution in [0.1, 0.15) is 12.8 Å². The molecule has 0 unspecified atom stereocenters. The first kappa shape index (κ1) is 18.1. The highest BCUT2D eigenvalue weighted by Gasteiger charge is 2.19. The minimum atomic E-state index is -0.688. The van der Waals surface area contributed by atoms with E-state index < -0.39 is 17.5 Å². The Bertz CT molecular complexity index is 777. The number of aliphatic hydroxyl groups excluding tert-OH is 1. The smallest absolute Gasteiger partial charge is 0.243 e. The molecule has 138 valence electrons. The predicted molar refractivity (Wildman–Crippen MR) is 97.4 cm³/mol. The number of hydrogen-bond donors (Lipinski definition) is 3. The molecule has 7 heteroatoms. The van der Waals surface area contributed by atoms with Crippen molar-refractivity contribution < 1.29 is 18.7 Å². The lowest BCUT2D eigenvalue weighted by Gasteiger charge is -2.32. The van der Waals surface area contributed by atoms with Crippen LogP contribution in [0.25, 0.3) is 0 Å². The van der Waals surface area contributed by atoms with Crippen molar-refractivity contribution in [2.24, 2.45) is 0 Å². The summed E-state index contributed by atoms with van der Waals surface area (Å²) in [6.07, 6.45) is 1.14. The number of para-hydroxylation sites is 2. The van der Waals surface area contributed by atoms with Crippen LogP contribution in [0.4, 0.5) is 25.8 Å². The number of benzene rings is 2. The SMILES string of the molecule is O=C(CNc1ccccc1N1CCC(O)CC1)Nc1cc(F)ccc1F. The van der Waals surface area contributed by atoms with Gasteiger partial charge >= 0.3 is 0 Å². The molecular weight excluding hydrogens is 340 g/mol. The van der Waals surface area contributed by atoms with Gasteiger partial charge in [-0.1, -0.05) is 12.1 Å². The Morgan fingerprint density at radius 2 is 1.85 bits per heavy atom. The van der Waals surface area contributed by atoms with E-state index in [1.165, 1.54) is 0 Å². The van der Waals surface area contributed by atoms with Crippen molar-refractivity contribution in [3.05, 3.63) is 54.1 Å². The van der Waals surface area contributed by atoms with E-state index in [0.717, 1.165) is 42.7 Å². The number of amides is 1. The molecule has 1 fully saturated rings. The Hall–Kier alpha value is -2.67. The van der Waals surface area contributed by atoms with Gasteiger partial charge in [-0.15, -0.1) is 0 Å². The Balaban J connectivity index is 1.62. The highest BCUT2D eigenvalue weighted by atomic mass is 19.1. The van der Waals surface area contributed by atoms with Crippen LogP contribution in [0.2, 0.25) is 0 Å². The normalized spacial score (nSPS) is 15.0. The summed E-state index contributed by atoms with van der Waals surface area (Å²) in [6, 6.07) is 10.5. The van der Waals surface area contributed by atoms with Crippen LogP contribution in [0.3, 0.4) is 0 Å². The van der Waals surface area contributed by atoms with E-state index in [1.54, 1.807) is 0 Å². The van der Waals surface area contributed by atoms with Gasteiger partial charge in [0.15, 0.2) is 0 Å². The summed E-state index contributed by atoms with van der Waals surface area (Å²) in [4.78, 5) is 14.2. The van der Waals surface area contributed by atoms with Gasteiger partial charge in [0.1, 0.15) is 11.6 Å². The van der Waals surface area contributed by atoms with E-state index in [9.17, 15) is 18.7 Å². The van der Waals surface area contributed by atoms with Crippen LogP contribution in [0, 0.1) is 11.6 Å². The zero-order chi connectivity index (χ0) is 18.5. The van der Waals surface area contributed by atoms with Gasteiger partial charge in [-0.25, -0.2) is 8.78 Å². The summed E-state index contributed by atoms with van der Waals surface area (Å²) in [7, 11) is 0. The Kier molecular flexibility index (Phi) is 5.68. The van der Waals surface area contributed by atoms with Crippen molar-refractivity contribution in [2.75, 3.05) is 35.2 Å². The summed E-state index contributed by atoms with van der Waals surface area (Å²) in [6.45, 7) is 1.39. The summed E-state index contributed by atoms with van der Waals surface area (Å²) in [5, 5.41) is 15.1. The average Bonchev–Trinajstić information content (AvgIpc) is 2.64. The average molecular weight is 361 g/mol. The monoisotopic (exact) mass is 361 g/mol. The molecule has 0 radical (unpaired) electrons. The molecule has 1 amide bonds. The zero-order valence-corrected chi connectivity index (χ0v) is 14.2. The quantitative estimate of drug-likeness (QED) is 0.766. The van der Waals surface area contributed by atoms with Crippen LogP contribution in [-0.4, -0.2) is 36.8 Å². The third kappa shape index (κ3) is 4.49. The van der Waals surface area contributed by atoms with Crippen molar-refractivity contribution in [2.45, 2.75) is 18.9 Å². The largest absolute Gasteiger partial charge is 0.393 e. The molecule has 2 aromatic rings. The number of halogens is 2. The number of nitrogens with zero attached hydrogens (tertiary/aromatic N) is 1. The van der Waals surface area contributed by atoms with Gasteiger partial charge in [0.05, 0.1) is 29.7 Å². The number of carbonyl (C=O) groups is 1. The number of nitrogens with one attached hydrogen (secondary N) is 2. The van der Waals surface area contributed by atoms with E-state index in [4.69, 9.17) is 0 Å². The fourth-order valence-corrected chi connectivity index (χ4v) is 2.97. The van der Waals surface area contributed by atoms with Gasteiger partial charge < -0.3 is 20.6 Å². The lowest BCUT2D eigenvalue weighted by atomic mass is 10.1. The summed E-state index contributed by atoms with van der Waals surface area (Å²) < 4.78 is 26.8. The number of anilines is 3. The molecule has 26 heavy (non-hydrogen) atoms. The Morgan fingerprint density at radius 3 is 2.62 bits per heavy atom. The second-order valence-electron chi connectivity index (χ2n) is 6.26. The minimum absolute atomic E-state index is 0.0799. The molecule has 1 saturated heterocycles. The number of carbonyl (C=O) groups excluding carboxylic acids is 1. The molecule has 0 bridgehead atoms. The summed E-state index contributed by atoms with van der Waals surface area (Å²) in [5.41, 5.74) is 1.54. The van der Waals surface area contributed by atoms with Gasteiger partial charge in [-0.05, 0) is 37.1 Å². The van der Waals surface area contributed by atoms with Crippen molar-refractivity contribution in [3.8, 4) is 0 Å². The molecule has 5 nitrogen and oxygen atoms in total. The molecule has 0 saturated carbocycles. The van der Waals surface area contributed by atoms with Crippen LogP contribution in [-0.2, 0) is 4.79 Å². The van der Waals surface area contributed by atoms with Crippen molar-refractivity contribution >= 4 is 23.0 Å².